The molecule has 5 aromatic rings. The number of fused-ring (bicyclic) bond motifs is 1. The second kappa shape index (κ2) is 18.5. The molecule has 5 heterocycles. The molecule has 2 aromatic carbocycles. The predicted octanol–water partition coefficient (Wildman–Crippen LogP) is 8.67. The molecule has 0 atom stereocenters. The number of nitrogens with zero attached hydrogens (tertiary/aromatic N) is 6. The van der Waals surface area contributed by atoms with Crippen LogP contribution in [0, 0.1) is 16.7 Å². The normalized spacial score (nSPS) is 18.3. The van der Waals surface area contributed by atoms with Gasteiger partial charge < -0.3 is 19.4 Å². The number of aromatic amines is 1. The van der Waals surface area contributed by atoms with E-state index in [-0.39, 0.29) is 58.5 Å². The molecule has 0 bridgehead atoms. The Kier molecular flexibility index (Phi) is 13.0. The van der Waals surface area contributed by atoms with E-state index in [9.17, 15) is 13.2 Å². The number of aromatic nitrogens is 3. The summed E-state index contributed by atoms with van der Waals surface area (Å²) in [5.41, 5.74) is 4.13. The maximum absolute atomic E-state index is 15.4. The summed E-state index contributed by atoms with van der Waals surface area (Å²) < 4.78 is 56.7. The van der Waals surface area contributed by atoms with Gasteiger partial charge in [-0.05, 0) is 91.1 Å². The molecule has 2 N–H and O–H groups in total. The molecule has 0 spiro atoms. The fraction of sp³-hybridized carbons (Fsp3) is 0.391. The van der Waals surface area contributed by atoms with Gasteiger partial charge in [0.25, 0.3) is 15.9 Å². The Balaban J connectivity index is 0.968. The lowest BCUT2D eigenvalue weighted by Crippen LogP contribution is -2.47. The van der Waals surface area contributed by atoms with E-state index in [1.54, 1.807) is 30.5 Å². The van der Waals surface area contributed by atoms with Crippen molar-refractivity contribution in [3.63, 3.8) is 0 Å². The Bertz CT molecular complexity index is 2670. The second-order valence-corrected chi connectivity index (χ2v) is 19.9. The summed E-state index contributed by atoms with van der Waals surface area (Å²) in [5.74, 6) is -0.580. The number of piperidine rings is 1. The van der Waals surface area contributed by atoms with Crippen LogP contribution in [-0.2, 0) is 10.0 Å². The average Bonchev–Trinajstić information content (AvgIpc) is 3.73. The van der Waals surface area contributed by atoms with Gasteiger partial charge in [0, 0.05) is 74.2 Å². The molecule has 1 aliphatic carbocycles. The summed E-state index contributed by atoms with van der Waals surface area (Å²) in [7, 11) is -4.50. The van der Waals surface area contributed by atoms with Crippen LogP contribution >= 0.6 is 23.2 Å². The highest BCUT2D eigenvalue weighted by molar-refractivity contribution is 7.90. The van der Waals surface area contributed by atoms with Crippen molar-refractivity contribution < 1.29 is 27.1 Å². The Labute approximate surface area is 376 Å². The van der Waals surface area contributed by atoms with Gasteiger partial charge in [0.1, 0.15) is 39.3 Å². The van der Waals surface area contributed by atoms with E-state index in [1.807, 2.05) is 23.1 Å². The zero-order chi connectivity index (χ0) is 44.4. The van der Waals surface area contributed by atoms with Crippen molar-refractivity contribution in [2.45, 2.75) is 56.5 Å². The molecule has 0 saturated carbocycles. The average molecular weight is 916 g/mol. The number of nitrogens with one attached hydrogen (secondary N) is 2. The fourth-order valence-corrected chi connectivity index (χ4v) is 9.78. The molecule has 13 nitrogen and oxygen atoms in total. The number of allylic oxidation sites excluding steroid dienone is 1. The van der Waals surface area contributed by atoms with Crippen LogP contribution in [0.3, 0.4) is 0 Å². The van der Waals surface area contributed by atoms with Crippen molar-refractivity contribution in [3.05, 3.63) is 106 Å². The molecular formula is C46H49Cl2FN8O5S. The molecule has 3 aliphatic rings. The highest BCUT2D eigenvalue weighted by atomic mass is 35.5. The Morgan fingerprint density at radius 1 is 0.952 bits per heavy atom. The van der Waals surface area contributed by atoms with Crippen LogP contribution < -0.4 is 19.1 Å². The van der Waals surface area contributed by atoms with Crippen molar-refractivity contribution in [2.75, 3.05) is 63.9 Å². The molecule has 63 heavy (non-hydrogen) atoms. The lowest BCUT2D eigenvalue weighted by atomic mass is 9.72. The number of sulfonamides is 1. The first-order chi connectivity index (χ1) is 30.2. The number of carbonyl (C=O) groups is 1. The van der Waals surface area contributed by atoms with Crippen LogP contribution in [0.1, 0.15) is 61.9 Å². The fourth-order valence-electron chi connectivity index (χ4n) is 8.43. The maximum Gasteiger partial charge on any atom is 0.268 e. The number of piperazine rings is 1. The number of alkyl halides is 1. The summed E-state index contributed by atoms with van der Waals surface area (Å²) in [5, 5.41) is 10.3. The Morgan fingerprint density at radius 2 is 1.71 bits per heavy atom. The molecule has 2 saturated heterocycles. The third kappa shape index (κ3) is 10.6. The molecule has 3 aromatic heterocycles. The zero-order valence-corrected chi connectivity index (χ0v) is 37.5. The van der Waals surface area contributed by atoms with Crippen molar-refractivity contribution in [1.29, 1.82) is 5.26 Å². The number of likely N-dealkylation sites (tertiary alicyclic amines) is 1. The van der Waals surface area contributed by atoms with Gasteiger partial charge in [-0.2, -0.15) is 5.26 Å². The number of benzene rings is 2. The molecule has 2 aliphatic heterocycles. The first kappa shape index (κ1) is 44.4. The van der Waals surface area contributed by atoms with Gasteiger partial charge in [0.15, 0.2) is 0 Å². The van der Waals surface area contributed by atoms with Crippen LogP contribution in [0.2, 0.25) is 10.0 Å². The number of carbonyl (C=O) groups excluding carboxylic acids is 1. The Hall–Kier alpha value is -5.24. The van der Waals surface area contributed by atoms with Crippen LogP contribution in [0.15, 0.2) is 89.7 Å². The van der Waals surface area contributed by atoms with Crippen LogP contribution in [0.5, 0.6) is 17.4 Å². The molecule has 2 fully saturated rings. The van der Waals surface area contributed by atoms with Gasteiger partial charge in [0.2, 0.25) is 5.88 Å². The highest BCUT2D eigenvalue weighted by Gasteiger charge is 2.36. The van der Waals surface area contributed by atoms with E-state index in [0.717, 1.165) is 80.3 Å². The van der Waals surface area contributed by atoms with Crippen molar-refractivity contribution in [3.8, 4) is 23.4 Å². The number of rotatable bonds is 13. The largest absolute Gasteiger partial charge is 0.473 e. The van der Waals surface area contributed by atoms with Crippen molar-refractivity contribution >= 4 is 61.4 Å². The van der Waals surface area contributed by atoms with Crippen LogP contribution in [-0.4, -0.2) is 104 Å². The van der Waals surface area contributed by atoms with Gasteiger partial charge in [-0.15, -0.1) is 0 Å². The van der Waals surface area contributed by atoms with Crippen LogP contribution in [0.4, 0.5) is 10.1 Å². The minimum Gasteiger partial charge on any atom is -0.473 e. The summed E-state index contributed by atoms with van der Waals surface area (Å²) in [6.45, 7) is 9.35. The van der Waals surface area contributed by atoms with Gasteiger partial charge in [-0.1, -0.05) is 54.8 Å². The quantitative estimate of drug-likeness (QED) is 0.109. The van der Waals surface area contributed by atoms with Gasteiger partial charge in [-0.25, -0.2) is 27.5 Å². The minimum atomic E-state index is -4.50. The third-order valence-electron chi connectivity index (χ3n) is 12.2. The minimum absolute atomic E-state index is 0.0231. The monoisotopic (exact) mass is 914 g/mol. The van der Waals surface area contributed by atoms with E-state index in [2.05, 4.69) is 61.5 Å². The Morgan fingerprint density at radius 3 is 2.44 bits per heavy atom. The first-order valence-electron chi connectivity index (χ1n) is 21.0. The van der Waals surface area contributed by atoms with E-state index in [1.165, 1.54) is 22.9 Å². The summed E-state index contributed by atoms with van der Waals surface area (Å²) in [4.78, 5) is 31.6. The number of nitriles is 1. The molecular weight excluding hydrogens is 867 g/mol. The van der Waals surface area contributed by atoms with E-state index in [4.69, 9.17) is 37.9 Å². The number of H-pyrrole nitrogens is 1. The molecule has 1 amide bonds. The number of halogens is 3. The predicted molar refractivity (Wildman–Crippen MR) is 242 cm³/mol. The zero-order valence-electron chi connectivity index (χ0n) is 35.2. The summed E-state index contributed by atoms with van der Waals surface area (Å²) in [6, 6.07) is 20.1. The van der Waals surface area contributed by atoms with E-state index < -0.39 is 21.6 Å². The van der Waals surface area contributed by atoms with E-state index in [0.29, 0.717) is 24.5 Å². The smallest absolute Gasteiger partial charge is 0.268 e. The number of hydrogen-bond donors (Lipinski definition) is 2. The molecule has 17 heteroatoms. The van der Waals surface area contributed by atoms with Gasteiger partial charge in [-0.3, -0.25) is 14.6 Å². The van der Waals surface area contributed by atoms with E-state index >= 15 is 4.39 Å². The van der Waals surface area contributed by atoms with Crippen molar-refractivity contribution in [1.82, 2.24) is 29.5 Å². The first-order valence-corrected chi connectivity index (χ1v) is 23.2. The van der Waals surface area contributed by atoms with Crippen LogP contribution in [0.25, 0.3) is 16.6 Å². The topological polar surface area (TPSA) is 157 Å². The highest BCUT2D eigenvalue weighted by Crippen LogP contribution is 2.43. The molecule has 8 rings (SSSR count). The summed E-state index contributed by atoms with van der Waals surface area (Å²) in [6.07, 6.45) is 7.81. The molecule has 0 radical (unpaired) electrons. The summed E-state index contributed by atoms with van der Waals surface area (Å²) >= 11 is 12.6. The van der Waals surface area contributed by atoms with Gasteiger partial charge in [0.05, 0.1) is 30.6 Å². The number of ether oxygens (including phenoxy) is 2. The standard InChI is InChI=1S/C46H49Cl2FN8O5S/c1-45(2)11-9-33(39(26-45)31-3-5-34(47)6-4-31)29-56-19-21-57(22-20-56)35-7-8-38(41(24-35)62-36-23-32-10-15-51-42(32)52-27-36)43(58)54-63(59,60)37-25-40(48)44(53-28-37)61-30-46(49)12-16-55(17-13-46)18-14-50/h3-8,10,15,23-25,27-28H,9,11-13,16-22,26,29-30H2,1-2H3,(H,51,52)(H,54,58). The molecule has 330 valence electrons. The maximum atomic E-state index is 15.4. The lowest BCUT2D eigenvalue weighted by Gasteiger charge is -2.39. The second-order valence-electron chi connectivity index (χ2n) is 17.3. The number of anilines is 1. The number of pyridine rings is 2. The number of hydrogen-bond acceptors (Lipinski definition) is 11. The third-order valence-corrected chi connectivity index (χ3v) is 14.0. The number of amides is 1. The SMILES string of the molecule is CC1(C)CCC(CN2CCN(c3ccc(C(=O)NS(=O)(=O)c4cnc(OCC5(F)CCN(CC#N)CC5)c(Cl)c4)c(Oc4cnc5[nH]ccc5c4)c3)CC2)=C(c2ccc(Cl)cc2)C1. The van der Waals surface area contributed by atoms with Gasteiger partial charge >= 0.3 is 0 Å². The lowest BCUT2D eigenvalue weighted by molar-refractivity contribution is 0.0196. The molecule has 0 unspecified atom stereocenters. The van der Waals surface area contributed by atoms with Crippen molar-refractivity contribution in [2.24, 2.45) is 5.41 Å².